The topological polar surface area (TPSA) is 47.0 Å². The Morgan fingerprint density at radius 1 is 1.14 bits per heavy atom. The Labute approximate surface area is 134 Å². The van der Waals surface area contributed by atoms with E-state index in [4.69, 9.17) is 4.74 Å². The van der Waals surface area contributed by atoms with E-state index in [0.717, 1.165) is 46.8 Å². The Bertz CT molecular complexity index is 599. The second kappa shape index (κ2) is 7.41. The smallest absolute Gasteiger partial charge is 0.227 e. The van der Waals surface area contributed by atoms with Gasteiger partial charge in [-0.1, -0.05) is 29.8 Å². The average molecular weight is 350 g/mol. The lowest BCUT2D eigenvalue weighted by Crippen LogP contribution is -2.08. The van der Waals surface area contributed by atoms with Crippen molar-refractivity contribution in [1.82, 2.24) is 9.97 Å². The fourth-order valence-corrected chi connectivity index (χ4v) is 2.09. The lowest BCUT2D eigenvalue weighted by atomic mass is 10.3. The van der Waals surface area contributed by atoms with Gasteiger partial charge in [0.25, 0.3) is 0 Å². The van der Waals surface area contributed by atoms with E-state index < -0.39 is 0 Å². The van der Waals surface area contributed by atoms with E-state index in [1.54, 1.807) is 0 Å². The van der Waals surface area contributed by atoms with Crippen molar-refractivity contribution in [2.75, 3.05) is 11.9 Å². The largest absolute Gasteiger partial charge is 0.439 e. The van der Waals surface area contributed by atoms with Gasteiger partial charge in [0.05, 0.1) is 5.56 Å². The number of aryl methyl sites for hydroxylation is 1. The summed E-state index contributed by atoms with van der Waals surface area (Å²) in [7, 11) is 0. The molecule has 0 unspecified atom stereocenters. The highest BCUT2D eigenvalue weighted by atomic mass is 79.9. The SMILES string of the molecule is CCCNc1nc(CC)nc(Oc2ccc(Br)cc2)c1C. The molecule has 21 heavy (non-hydrogen) atoms. The van der Waals surface area contributed by atoms with Crippen LogP contribution in [-0.2, 0) is 6.42 Å². The number of hydrogen-bond acceptors (Lipinski definition) is 4. The third kappa shape index (κ3) is 4.17. The van der Waals surface area contributed by atoms with Crippen molar-refractivity contribution in [2.24, 2.45) is 0 Å². The summed E-state index contributed by atoms with van der Waals surface area (Å²) in [5.41, 5.74) is 0.934. The monoisotopic (exact) mass is 349 g/mol. The van der Waals surface area contributed by atoms with Gasteiger partial charge in [-0.2, -0.15) is 4.98 Å². The predicted octanol–water partition coefficient (Wildman–Crippen LogP) is 4.72. The molecule has 4 nitrogen and oxygen atoms in total. The van der Waals surface area contributed by atoms with Crippen LogP contribution in [0.1, 0.15) is 31.7 Å². The molecule has 0 aliphatic carbocycles. The summed E-state index contributed by atoms with van der Waals surface area (Å²) in [6, 6.07) is 7.72. The third-order valence-electron chi connectivity index (χ3n) is 3.03. The van der Waals surface area contributed by atoms with Gasteiger partial charge in [-0.25, -0.2) is 4.98 Å². The van der Waals surface area contributed by atoms with Gasteiger partial charge in [0.15, 0.2) is 0 Å². The van der Waals surface area contributed by atoms with Crippen molar-refractivity contribution in [3.8, 4) is 11.6 Å². The molecule has 0 aliphatic heterocycles. The quantitative estimate of drug-likeness (QED) is 0.819. The van der Waals surface area contributed by atoms with Crippen molar-refractivity contribution >= 4 is 21.7 Å². The third-order valence-corrected chi connectivity index (χ3v) is 3.56. The number of aromatic nitrogens is 2. The summed E-state index contributed by atoms with van der Waals surface area (Å²) < 4.78 is 6.94. The number of rotatable bonds is 6. The van der Waals surface area contributed by atoms with Crippen molar-refractivity contribution < 1.29 is 4.74 Å². The molecule has 0 spiro atoms. The van der Waals surface area contributed by atoms with Crippen LogP contribution in [0.3, 0.4) is 0 Å². The molecule has 1 aromatic heterocycles. The van der Waals surface area contributed by atoms with Crippen LogP contribution in [0.25, 0.3) is 0 Å². The summed E-state index contributed by atoms with van der Waals surface area (Å²) in [4.78, 5) is 9.03. The predicted molar refractivity (Wildman–Crippen MR) is 89.1 cm³/mol. The first-order chi connectivity index (χ1) is 10.1. The van der Waals surface area contributed by atoms with E-state index >= 15 is 0 Å². The molecule has 0 fully saturated rings. The Morgan fingerprint density at radius 3 is 2.48 bits per heavy atom. The van der Waals surface area contributed by atoms with E-state index in [2.05, 4.69) is 38.1 Å². The summed E-state index contributed by atoms with van der Waals surface area (Å²) in [6.45, 7) is 7.03. The van der Waals surface area contributed by atoms with E-state index in [0.29, 0.717) is 5.88 Å². The zero-order chi connectivity index (χ0) is 15.2. The minimum absolute atomic E-state index is 0.614. The standard InChI is InChI=1S/C16H20BrN3O/c1-4-10-18-15-11(3)16(20-14(5-2)19-15)21-13-8-6-12(17)7-9-13/h6-9H,4-5,10H2,1-3H3,(H,18,19,20). The van der Waals surface area contributed by atoms with Crippen LogP contribution in [0.2, 0.25) is 0 Å². The maximum absolute atomic E-state index is 5.92. The molecule has 0 saturated carbocycles. The van der Waals surface area contributed by atoms with Gasteiger partial charge in [0, 0.05) is 17.4 Å². The maximum atomic E-state index is 5.92. The van der Waals surface area contributed by atoms with E-state index in [9.17, 15) is 0 Å². The van der Waals surface area contributed by atoms with Crippen molar-refractivity contribution in [1.29, 1.82) is 0 Å². The second-order valence-corrected chi connectivity index (χ2v) is 5.67. The molecule has 5 heteroatoms. The highest BCUT2D eigenvalue weighted by Crippen LogP contribution is 2.28. The zero-order valence-electron chi connectivity index (χ0n) is 12.6. The van der Waals surface area contributed by atoms with Gasteiger partial charge in [0.1, 0.15) is 17.4 Å². The number of benzene rings is 1. The highest BCUT2D eigenvalue weighted by Gasteiger charge is 2.12. The molecule has 2 rings (SSSR count). The van der Waals surface area contributed by atoms with E-state index in [1.165, 1.54) is 0 Å². The molecule has 112 valence electrons. The summed E-state index contributed by atoms with van der Waals surface area (Å²) >= 11 is 3.42. The van der Waals surface area contributed by atoms with Crippen molar-refractivity contribution in [3.63, 3.8) is 0 Å². The number of nitrogens with one attached hydrogen (secondary N) is 1. The molecule has 0 aliphatic rings. The molecule has 0 bridgehead atoms. The first kappa shape index (κ1) is 15.8. The summed E-state index contributed by atoms with van der Waals surface area (Å²) in [6.07, 6.45) is 1.82. The van der Waals surface area contributed by atoms with Crippen LogP contribution in [0.15, 0.2) is 28.7 Å². The van der Waals surface area contributed by atoms with E-state index in [-0.39, 0.29) is 0 Å². The first-order valence-electron chi connectivity index (χ1n) is 7.18. The Kier molecular flexibility index (Phi) is 5.56. The molecular weight excluding hydrogens is 330 g/mol. The van der Waals surface area contributed by atoms with Gasteiger partial charge in [-0.15, -0.1) is 0 Å². The van der Waals surface area contributed by atoms with Crippen LogP contribution in [0, 0.1) is 6.92 Å². The van der Waals surface area contributed by atoms with Crippen LogP contribution in [0.4, 0.5) is 5.82 Å². The molecule has 1 N–H and O–H groups in total. The number of halogens is 1. The lowest BCUT2D eigenvalue weighted by molar-refractivity contribution is 0.455. The molecule has 0 atom stereocenters. The van der Waals surface area contributed by atoms with Crippen LogP contribution in [0.5, 0.6) is 11.6 Å². The Morgan fingerprint density at radius 2 is 1.86 bits per heavy atom. The first-order valence-corrected chi connectivity index (χ1v) is 7.98. The number of ether oxygens (including phenoxy) is 1. The molecule has 1 aromatic carbocycles. The molecular formula is C16H20BrN3O. The van der Waals surface area contributed by atoms with Crippen molar-refractivity contribution in [3.05, 3.63) is 40.1 Å². The fraction of sp³-hybridized carbons (Fsp3) is 0.375. The summed E-state index contributed by atoms with van der Waals surface area (Å²) in [5, 5.41) is 3.33. The van der Waals surface area contributed by atoms with Gasteiger partial charge >= 0.3 is 0 Å². The fourth-order valence-electron chi connectivity index (χ4n) is 1.83. The lowest BCUT2D eigenvalue weighted by Gasteiger charge is -2.13. The van der Waals surface area contributed by atoms with Gasteiger partial charge in [0.2, 0.25) is 5.88 Å². The average Bonchev–Trinajstić information content (AvgIpc) is 2.50. The molecule has 1 heterocycles. The molecule has 2 aromatic rings. The Hall–Kier alpha value is -1.62. The minimum Gasteiger partial charge on any atom is -0.439 e. The number of nitrogens with zero attached hydrogens (tertiary/aromatic N) is 2. The molecule has 0 saturated heterocycles. The van der Waals surface area contributed by atoms with Crippen LogP contribution >= 0.6 is 15.9 Å². The van der Waals surface area contributed by atoms with Crippen molar-refractivity contribution in [2.45, 2.75) is 33.6 Å². The van der Waals surface area contributed by atoms with Crippen LogP contribution < -0.4 is 10.1 Å². The normalized spacial score (nSPS) is 10.5. The highest BCUT2D eigenvalue weighted by molar-refractivity contribution is 9.10. The number of hydrogen-bond donors (Lipinski definition) is 1. The van der Waals surface area contributed by atoms with Gasteiger partial charge in [-0.3, -0.25) is 0 Å². The number of anilines is 1. The summed E-state index contributed by atoms with van der Waals surface area (Å²) in [5.74, 6) is 3.02. The van der Waals surface area contributed by atoms with Gasteiger partial charge < -0.3 is 10.1 Å². The molecule has 0 amide bonds. The molecule has 0 radical (unpaired) electrons. The maximum Gasteiger partial charge on any atom is 0.227 e. The van der Waals surface area contributed by atoms with Gasteiger partial charge in [-0.05, 0) is 37.6 Å². The minimum atomic E-state index is 0.614. The van der Waals surface area contributed by atoms with Crippen LogP contribution in [-0.4, -0.2) is 16.5 Å². The van der Waals surface area contributed by atoms with E-state index in [1.807, 2.05) is 38.1 Å². The second-order valence-electron chi connectivity index (χ2n) is 4.75. The zero-order valence-corrected chi connectivity index (χ0v) is 14.2. The Balaban J connectivity index is 2.30.